The summed E-state index contributed by atoms with van der Waals surface area (Å²) in [6.45, 7) is 6.50. The third kappa shape index (κ3) is 4.94. The minimum Gasteiger partial charge on any atom is -0.347 e. The van der Waals surface area contributed by atoms with Gasteiger partial charge in [-0.05, 0) is 42.7 Å². The molecular formula is C19H29N3O3. The zero-order valence-electron chi connectivity index (χ0n) is 15.8. The van der Waals surface area contributed by atoms with Crippen molar-refractivity contribution < 1.29 is 9.59 Å². The van der Waals surface area contributed by atoms with Crippen LogP contribution in [0.25, 0.3) is 0 Å². The second-order valence-corrected chi connectivity index (χ2v) is 8.24. The number of amides is 2. The molecule has 1 fully saturated rings. The molecule has 2 rings (SSSR count). The molecule has 1 aliphatic rings. The lowest BCUT2D eigenvalue weighted by Gasteiger charge is -2.38. The molecule has 6 nitrogen and oxygen atoms in total. The van der Waals surface area contributed by atoms with Crippen LogP contribution in [0.4, 0.5) is 5.69 Å². The van der Waals surface area contributed by atoms with Crippen molar-refractivity contribution in [3.8, 4) is 0 Å². The first kappa shape index (κ1) is 19.2. The molecule has 2 amide bonds. The van der Waals surface area contributed by atoms with Crippen LogP contribution >= 0.6 is 0 Å². The van der Waals surface area contributed by atoms with Crippen LogP contribution in [0.3, 0.4) is 0 Å². The maximum absolute atomic E-state index is 12.7. The molecule has 0 bridgehead atoms. The Hall–Kier alpha value is -2.11. The predicted molar refractivity (Wildman–Crippen MR) is 98.3 cm³/mol. The minimum atomic E-state index is -0.353. The van der Waals surface area contributed by atoms with Crippen molar-refractivity contribution in [2.75, 3.05) is 19.4 Å². The molecule has 0 saturated heterocycles. The Morgan fingerprint density at radius 2 is 2.00 bits per heavy atom. The van der Waals surface area contributed by atoms with E-state index in [1.807, 2.05) is 0 Å². The van der Waals surface area contributed by atoms with E-state index in [1.54, 1.807) is 32.4 Å². The lowest BCUT2D eigenvalue weighted by molar-refractivity contribution is -0.129. The highest BCUT2D eigenvalue weighted by atomic mass is 16.2. The summed E-state index contributed by atoms with van der Waals surface area (Å²) in [6, 6.07) is 3.27. The van der Waals surface area contributed by atoms with Gasteiger partial charge in [0.05, 0.1) is 0 Å². The molecule has 0 aromatic carbocycles. The highest BCUT2D eigenvalue weighted by Crippen LogP contribution is 2.41. The van der Waals surface area contributed by atoms with Gasteiger partial charge in [-0.25, -0.2) is 0 Å². The van der Waals surface area contributed by atoms with Crippen molar-refractivity contribution >= 4 is 17.5 Å². The lowest BCUT2D eigenvalue weighted by atomic mass is 9.68. The lowest BCUT2D eigenvalue weighted by Crippen LogP contribution is -2.37. The van der Waals surface area contributed by atoms with Gasteiger partial charge in [-0.1, -0.05) is 20.8 Å². The van der Waals surface area contributed by atoms with Crippen LogP contribution in [-0.2, 0) is 16.1 Å². The summed E-state index contributed by atoms with van der Waals surface area (Å²) < 4.78 is 1.32. The molecule has 0 radical (unpaired) electrons. The van der Waals surface area contributed by atoms with Crippen LogP contribution < -0.4 is 10.9 Å². The minimum absolute atomic E-state index is 0.0387. The van der Waals surface area contributed by atoms with E-state index in [1.165, 1.54) is 9.47 Å². The van der Waals surface area contributed by atoms with E-state index in [-0.39, 0.29) is 40.9 Å². The average molecular weight is 347 g/mol. The largest absolute Gasteiger partial charge is 0.347 e. The predicted octanol–water partition coefficient (Wildman–Crippen LogP) is 2.34. The van der Waals surface area contributed by atoms with Gasteiger partial charge in [0.25, 0.3) is 5.56 Å². The summed E-state index contributed by atoms with van der Waals surface area (Å²) in [5.41, 5.74) is 0.0126. The molecule has 2 atom stereocenters. The first-order valence-corrected chi connectivity index (χ1v) is 8.79. The first-order chi connectivity index (χ1) is 11.6. The number of aromatic nitrogens is 1. The average Bonchev–Trinajstić information content (AvgIpc) is 2.48. The summed E-state index contributed by atoms with van der Waals surface area (Å²) >= 11 is 0. The molecule has 6 heteroatoms. The molecule has 1 N–H and O–H groups in total. The van der Waals surface area contributed by atoms with E-state index in [0.717, 1.165) is 19.3 Å². The molecule has 1 aromatic heterocycles. The summed E-state index contributed by atoms with van der Waals surface area (Å²) in [5, 5.41) is 2.78. The number of hydrogen-bond acceptors (Lipinski definition) is 3. The second-order valence-electron chi connectivity index (χ2n) is 8.24. The Kier molecular flexibility index (Phi) is 5.70. The van der Waals surface area contributed by atoms with Crippen molar-refractivity contribution in [3.63, 3.8) is 0 Å². The molecular weight excluding hydrogens is 318 g/mol. The fourth-order valence-corrected chi connectivity index (χ4v) is 3.82. The highest BCUT2D eigenvalue weighted by molar-refractivity contribution is 5.92. The number of carbonyl (C=O) groups excluding carboxylic acids is 2. The van der Waals surface area contributed by atoms with Crippen LogP contribution in [-0.4, -0.2) is 35.4 Å². The number of hydrogen-bond donors (Lipinski definition) is 1. The first-order valence-electron chi connectivity index (χ1n) is 8.79. The normalized spacial score (nSPS) is 22.3. The van der Waals surface area contributed by atoms with Crippen molar-refractivity contribution in [1.29, 1.82) is 0 Å². The van der Waals surface area contributed by atoms with Crippen molar-refractivity contribution in [2.45, 2.75) is 46.6 Å². The fraction of sp³-hybridized carbons (Fsp3) is 0.632. The Morgan fingerprint density at radius 3 is 2.60 bits per heavy atom. The SMILES string of the molecule is C[C@H]1C[C@H](C(=O)Nc2cccn(CC(=O)N(C)C)c2=O)CC(C)(C)C1. The van der Waals surface area contributed by atoms with Crippen LogP contribution in [0.5, 0.6) is 0 Å². The maximum Gasteiger partial charge on any atom is 0.274 e. The van der Waals surface area contributed by atoms with Gasteiger partial charge in [0.2, 0.25) is 11.8 Å². The smallest absolute Gasteiger partial charge is 0.274 e. The van der Waals surface area contributed by atoms with Gasteiger partial charge in [0.1, 0.15) is 12.2 Å². The highest BCUT2D eigenvalue weighted by Gasteiger charge is 2.35. The van der Waals surface area contributed by atoms with Gasteiger partial charge in [0, 0.05) is 26.2 Å². The molecule has 25 heavy (non-hydrogen) atoms. The van der Waals surface area contributed by atoms with Gasteiger partial charge >= 0.3 is 0 Å². The van der Waals surface area contributed by atoms with E-state index < -0.39 is 0 Å². The molecule has 1 saturated carbocycles. The fourth-order valence-electron chi connectivity index (χ4n) is 3.82. The van der Waals surface area contributed by atoms with Crippen molar-refractivity contribution in [3.05, 3.63) is 28.7 Å². The van der Waals surface area contributed by atoms with E-state index in [4.69, 9.17) is 0 Å². The molecule has 1 heterocycles. The molecule has 0 aliphatic heterocycles. The zero-order chi connectivity index (χ0) is 18.8. The number of nitrogens with one attached hydrogen (secondary N) is 1. The van der Waals surface area contributed by atoms with Gasteiger partial charge in [-0.2, -0.15) is 0 Å². The van der Waals surface area contributed by atoms with Gasteiger partial charge in [0.15, 0.2) is 0 Å². The summed E-state index contributed by atoms with van der Waals surface area (Å²) in [5.74, 6) is 0.127. The number of likely N-dealkylation sites (N-methyl/N-ethyl adjacent to an activating group) is 1. The van der Waals surface area contributed by atoms with Gasteiger partial charge < -0.3 is 14.8 Å². The van der Waals surface area contributed by atoms with Crippen molar-refractivity contribution in [2.24, 2.45) is 17.3 Å². The number of carbonyl (C=O) groups is 2. The van der Waals surface area contributed by atoms with E-state index in [0.29, 0.717) is 5.92 Å². The van der Waals surface area contributed by atoms with Crippen LogP contribution in [0.1, 0.15) is 40.0 Å². The summed E-state index contributed by atoms with van der Waals surface area (Å²) in [7, 11) is 3.29. The van der Waals surface area contributed by atoms with Crippen LogP contribution in [0.2, 0.25) is 0 Å². The topological polar surface area (TPSA) is 71.4 Å². The number of nitrogens with zero attached hydrogens (tertiary/aromatic N) is 2. The summed E-state index contributed by atoms with van der Waals surface area (Å²) in [4.78, 5) is 38.4. The Balaban J connectivity index is 2.13. The number of anilines is 1. The Bertz CT molecular complexity index is 706. The zero-order valence-corrected chi connectivity index (χ0v) is 15.8. The second kappa shape index (κ2) is 7.42. The molecule has 138 valence electrons. The van der Waals surface area contributed by atoms with Crippen LogP contribution in [0.15, 0.2) is 23.1 Å². The Labute approximate surface area is 149 Å². The van der Waals surface area contributed by atoms with Gasteiger partial charge in [-0.15, -0.1) is 0 Å². The van der Waals surface area contributed by atoms with Gasteiger partial charge in [-0.3, -0.25) is 14.4 Å². The third-order valence-corrected chi connectivity index (χ3v) is 4.84. The molecule has 0 unspecified atom stereocenters. The monoisotopic (exact) mass is 347 g/mol. The molecule has 0 spiro atoms. The van der Waals surface area contributed by atoms with Crippen LogP contribution in [0, 0.1) is 17.3 Å². The van der Waals surface area contributed by atoms with Crippen molar-refractivity contribution in [1.82, 2.24) is 9.47 Å². The van der Waals surface area contributed by atoms with E-state index in [9.17, 15) is 14.4 Å². The van der Waals surface area contributed by atoms with E-state index >= 15 is 0 Å². The standard InChI is InChI=1S/C19H29N3O3/c1-13-9-14(11-19(2,3)10-13)17(24)20-15-7-6-8-22(18(15)25)12-16(23)21(4)5/h6-8,13-14H,9-12H2,1-5H3,(H,20,24)/t13-,14-/m0/s1. The number of pyridine rings is 1. The summed E-state index contributed by atoms with van der Waals surface area (Å²) in [6.07, 6.45) is 4.34. The maximum atomic E-state index is 12.7. The quantitative estimate of drug-likeness (QED) is 0.909. The molecule has 1 aromatic rings. The number of rotatable bonds is 4. The van der Waals surface area contributed by atoms with E-state index in [2.05, 4.69) is 26.1 Å². The third-order valence-electron chi connectivity index (χ3n) is 4.84. The Morgan fingerprint density at radius 1 is 1.32 bits per heavy atom. The molecule has 1 aliphatic carbocycles.